The van der Waals surface area contributed by atoms with E-state index in [2.05, 4.69) is 5.10 Å². The van der Waals surface area contributed by atoms with Crippen molar-refractivity contribution in [2.24, 2.45) is 5.10 Å². The summed E-state index contributed by atoms with van der Waals surface area (Å²) in [6.07, 6.45) is 1.70. The van der Waals surface area contributed by atoms with Crippen molar-refractivity contribution in [1.82, 2.24) is 0 Å². The van der Waals surface area contributed by atoms with Crippen LogP contribution in [0.5, 0.6) is 5.75 Å². The van der Waals surface area contributed by atoms with Gasteiger partial charge in [-0.25, -0.2) is 0 Å². The average molecular weight is 361 g/mol. The van der Waals surface area contributed by atoms with E-state index in [0.29, 0.717) is 38.3 Å². The predicted molar refractivity (Wildman–Crippen MR) is 98.0 cm³/mol. The summed E-state index contributed by atoms with van der Waals surface area (Å²) in [6, 6.07) is 12.5. The van der Waals surface area contributed by atoms with Gasteiger partial charge in [-0.3, -0.25) is 4.79 Å². The zero-order chi connectivity index (χ0) is 17.3. The van der Waals surface area contributed by atoms with Gasteiger partial charge in [-0.15, -0.1) is 0 Å². The first-order valence-electron chi connectivity index (χ1n) is 7.21. The molecule has 1 aliphatic rings. The van der Waals surface area contributed by atoms with Gasteiger partial charge in [0, 0.05) is 10.6 Å². The number of hydrogen-bond acceptors (Lipinski definition) is 3. The second kappa shape index (κ2) is 6.67. The SMILES string of the molecule is COc1c(Cl)cc(Cl)cc1/C=C1/C(=O)N(c2ccccc2)N=C1C. The molecule has 0 saturated carbocycles. The van der Waals surface area contributed by atoms with Crippen molar-refractivity contribution in [2.75, 3.05) is 12.1 Å². The van der Waals surface area contributed by atoms with Gasteiger partial charge in [0.1, 0.15) is 5.75 Å². The number of benzene rings is 2. The largest absolute Gasteiger partial charge is 0.495 e. The summed E-state index contributed by atoms with van der Waals surface area (Å²) in [5.74, 6) is 0.254. The summed E-state index contributed by atoms with van der Waals surface area (Å²) in [5, 5.41) is 6.57. The average Bonchev–Trinajstić information content (AvgIpc) is 2.83. The first kappa shape index (κ1) is 16.6. The molecule has 0 bridgehead atoms. The molecule has 0 unspecified atom stereocenters. The molecule has 1 heterocycles. The van der Waals surface area contributed by atoms with E-state index >= 15 is 0 Å². The molecule has 0 fully saturated rings. The quantitative estimate of drug-likeness (QED) is 0.737. The number of hydrogen-bond donors (Lipinski definition) is 0. The Morgan fingerprint density at radius 1 is 1.17 bits per heavy atom. The number of amides is 1. The zero-order valence-electron chi connectivity index (χ0n) is 13.1. The standard InChI is InChI=1S/C18H14Cl2N2O2/c1-11-15(9-12-8-13(19)10-16(20)17(12)24-2)18(23)22(21-11)14-6-4-3-5-7-14/h3-10H,1-2H3/b15-9+. The highest BCUT2D eigenvalue weighted by molar-refractivity contribution is 6.36. The van der Waals surface area contributed by atoms with Crippen LogP contribution in [0, 0.1) is 0 Å². The van der Waals surface area contributed by atoms with E-state index in [1.807, 2.05) is 30.3 Å². The third-order valence-corrected chi connectivity index (χ3v) is 4.10. The zero-order valence-corrected chi connectivity index (χ0v) is 14.6. The molecular weight excluding hydrogens is 347 g/mol. The van der Waals surface area contributed by atoms with E-state index in [9.17, 15) is 4.79 Å². The van der Waals surface area contributed by atoms with Crippen LogP contribution in [0.4, 0.5) is 5.69 Å². The molecule has 1 aliphatic heterocycles. The van der Waals surface area contributed by atoms with E-state index < -0.39 is 0 Å². The number of ether oxygens (including phenoxy) is 1. The van der Waals surface area contributed by atoms with E-state index in [1.54, 1.807) is 25.1 Å². The highest BCUT2D eigenvalue weighted by Gasteiger charge is 2.29. The summed E-state index contributed by atoms with van der Waals surface area (Å²) >= 11 is 12.2. The monoisotopic (exact) mass is 360 g/mol. The number of para-hydroxylation sites is 1. The number of carbonyl (C=O) groups is 1. The van der Waals surface area contributed by atoms with Gasteiger partial charge in [-0.05, 0) is 37.3 Å². The minimum atomic E-state index is -0.211. The van der Waals surface area contributed by atoms with Crippen molar-refractivity contribution < 1.29 is 9.53 Å². The number of carbonyl (C=O) groups excluding carboxylic acids is 1. The molecule has 4 nitrogen and oxygen atoms in total. The summed E-state index contributed by atoms with van der Waals surface area (Å²) < 4.78 is 5.32. The Hall–Kier alpha value is -2.30. The number of anilines is 1. The van der Waals surface area contributed by atoms with Crippen LogP contribution >= 0.6 is 23.2 Å². The maximum atomic E-state index is 12.7. The Balaban J connectivity index is 2.04. The summed E-state index contributed by atoms with van der Waals surface area (Å²) in [4.78, 5) is 12.7. The third kappa shape index (κ3) is 3.03. The minimum Gasteiger partial charge on any atom is -0.495 e. The van der Waals surface area contributed by atoms with Crippen molar-refractivity contribution in [2.45, 2.75) is 6.92 Å². The lowest BCUT2D eigenvalue weighted by Gasteiger charge is -2.11. The fourth-order valence-electron chi connectivity index (χ4n) is 2.49. The van der Waals surface area contributed by atoms with Gasteiger partial charge in [-0.2, -0.15) is 10.1 Å². The van der Waals surface area contributed by atoms with Crippen molar-refractivity contribution in [1.29, 1.82) is 0 Å². The topological polar surface area (TPSA) is 41.9 Å². The molecule has 0 radical (unpaired) electrons. The van der Waals surface area contributed by atoms with Gasteiger partial charge in [0.2, 0.25) is 0 Å². The lowest BCUT2D eigenvalue weighted by Crippen LogP contribution is -2.21. The van der Waals surface area contributed by atoms with Crippen molar-refractivity contribution in [3.8, 4) is 5.75 Å². The van der Waals surface area contributed by atoms with Crippen molar-refractivity contribution in [3.63, 3.8) is 0 Å². The molecule has 3 rings (SSSR count). The Labute approximate surface area is 149 Å². The van der Waals surface area contributed by atoms with Crippen LogP contribution in [0.1, 0.15) is 12.5 Å². The van der Waals surface area contributed by atoms with Gasteiger partial charge in [0.25, 0.3) is 5.91 Å². The van der Waals surface area contributed by atoms with Crippen LogP contribution in [0.15, 0.2) is 53.1 Å². The first-order valence-corrected chi connectivity index (χ1v) is 7.96. The van der Waals surface area contributed by atoms with E-state index in [1.165, 1.54) is 12.1 Å². The van der Waals surface area contributed by atoms with E-state index in [0.717, 1.165) is 0 Å². The van der Waals surface area contributed by atoms with E-state index in [4.69, 9.17) is 27.9 Å². The predicted octanol–water partition coefficient (Wildman–Crippen LogP) is 4.81. The Morgan fingerprint density at radius 3 is 2.54 bits per heavy atom. The van der Waals surface area contributed by atoms with Crippen molar-refractivity contribution in [3.05, 3.63) is 63.6 Å². The van der Waals surface area contributed by atoms with Crippen LogP contribution in [0.3, 0.4) is 0 Å². The smallest absolute Gasteiger partial charge is 0.280 e. The summed E-state index contributed by atoms with van der Waals surface area (Å²) in [6.45, 7) is 1.78. The molecule has 0 spiro atoms. The maximum Gasteiger partial charge on any atom is 0.280 e. The normalized spacial score (nSPS) is 15.8. The van der Waals surface area contributed by atoms with Crippen LogP contribution in [0.25, 0.3) is 6.08 Å². The molecule has 0 aromatic heterocycles. The van der Waals surface area contributed by atoms with Gasteiger partial charge in [0.15, 0.2) is 0 Å². The fraction of sp³-hybridized carbons (Fsp3) is 0.111. The molecule has 122 valence electrons. The van der Waals surface area contributed by atoms with Crippen LogP contribution in [-0.2, 0) is 4.79 Å². The van der Waals surface area contributed by atoms with Gasteiger partial charge < -0.3 is 4.74 Å². The number of rotatable bonds is 3. The summed E-state index contributed by atoms with van der Waals surface area (Å²) in [5.41, 5.74) is 2.42. The lowest BCUT2D eigenvalue weighted by atomic mass is 10.1. The molecule has 0 aliphatic carbocycles. The molecule has 0 atom stereocenters. The van der Waals surface area contributed by atoms with Gasteiger partial charge in [-0.1, -0.05) is 41.4 Å². The number of methoxy groups -OCH3 is 1. The number of halogens is 2. The molecule has 1 amide bonds. The second-order valence-electron chi connectivity index (χ2n) is 5.21. The van der Waals surface area contributed by atoms with Crippen LogP contribution < -0.4 is 9.75 Å². The molecule has 2 aromatic rings. The second-order valence-corrected chi connectivity index (χ2v) is 6.05. The Bertz CT molecular complexity index is 861. The van der Waals surface area contributed by atoms with E-state index in [-0.39, 0.29) is 5.91 Å². The molecule has 24 heavy (non-hydrogen) atoms. The molecule has 0 saturated heterocycles. The Kier molecular flexibility index (Phi) is 4.60. The van der Waals surface area contributed by atoms with Crippen LogP contribution in [-0.4, -0.2) is 18.7 Å². The van der Waals surface area contributed by atoms with Gasteiger partial charge >= 0.3 is 0 Å². The number of nitrogens with zero attached hydrogens (tertiary/aromatic N) is 2. The third-order valence-electron chi connectivity index (χ3n) is 3.60. The molecule has 2 aromatic carbocycles. The van der Waals surface area contributed by atoms with Crippen LogP contribution in [0.2, 0.25) is 10.0 Å². The van der Waals surface area contributed by atoms with Gasteiger partial charge in [0.05, 0.1) is 29.1 Å². The molecule has 0 N–H and O–H groups in total. The maximum absolute atomic E-state index is 12.7. The number of hydrazone groups is 1. The highest BCUT2D eigenvalue weighted by Crippen LogP contribution is 2.34. The molecule has 6 heteroatoms. The minimum absolute atomic E-state index is 0.211. The first-order chi connectivity index (χ1) is 11.5. The summed E-state index contributed by atoms with van der Waals surface area (Å²) in [7, 11) is 1.52. The highest BCUT2D eigenvalue weighted by atomic mass is 35.5. The van der Waals surface area contributed by atoms with Crippen molar-refractivity contribution >= 4 is 46.6 Å². The lowest BCUT2D eigenvalue weighted by molar-refractivity contribution is -0.114. The molecular formula is C18H14Cl2N2O2. The fourth-order valence-corrected chi connectivity index (χ4v) is 3.07. The Morgan fingerprint density at radius 2 is 1.88 bits per heavy atom.